The first-order chi connectivity index (χ1) is 9.45. The van der Waals surface area contributed by atoms with E-state index in [1.54, 1.807) is 0 Å². The van der Waals surface area contributed by atoms with Gasteiger partial charge < -0.3 is 39.7 Å². The lowest BCUT2D eigenvalue weighted by molar-refractivity contribution is -0.230. The number of aliphatic hydroxyl groups is 5. The SMILES string of the molecule is CO[C@H]1OC[C@@H](S[C@@H]2OC[C@@H](O)[C@H](O)[C@H]2O)[C@H](O)[C@H]1O. The molecule has 0 spiro atoms. The van der Waals surface area contributed by atoms with Gasteiger partial charge in [0.25, 0.3) is 0 Å². The maximum atomic E-state index is 9.99. The minimum Gasteiger partial charge on any atom is -0.389 e. The molecule has 20 heavy (non-hydrogen) atoms. The lowest BCUT2D eigenvalue weighted by Crippen LogP contribution is -2.56. The summed E-state index contributed by atoms with van der Waals surface area (Å²) in [6.07, 6.45) is -6.95. The normalized spacial score (nSPS) is 50.1. The molecular weight excluding hydrogens is 292 g/mol. The largest absolute Gasteiger partial charge is 0.389 e. The predicted octanol–water partition coefficient (Wildman–Crippen LogP) is -2.75. The van der Waals surface area contributed by atoms with Crippen molar-refractivity contribution >= 4 is 11.8 Å². The minimum absolute atomic E-state index is 0.104. The zero-order valence-electron chi connectivity index (χ0n) is 10.9. The van der Waals surface area contributed by atoms with E-state index in [2.05, 4.69) is 0 Å². The van der Waals surface area contributed by atoms with Gasteiger partial charge in [0.15, 0.2) is 6.29 Å². The molecule has 0 aromatic carbocycles. The van der Waals surface area contributed by atoms with Crippen LogP contribution in [0, 0.1) is 0 Å². The first kappa shape index (κ1) is 16.4. The zero-order valence-corrected chi connectivity index (χ0v) is 11.7. The van der Waals surface area contributed by atoms with Crippen LogP contribution in [0.2, 0.25) is 0 Å². The topological polar surface area (TPSA) is 129 Å². The Labute approximate surface area is 120 Å². The highest BCUT2D eigenvalue weighted by atomic mass is 32.2. The van der Waals surface area contributed by atoms with Crippen molar-refractivity contribution in [3.8, 4) is 0 Å². The monoisotopic (exact) mass is 312 g/mol. The number of hydrogen-bond donors (Lipinski definition) is 5. The van der Waals surface area contributed by atoms with E-state index in [9.17, 15) is 25.5 Å². The number of hydrogen-bond acceptors (Lipinski definition) is 9. The Kier molecular flexibility index (Phi) is 5.63. The quantitative estimate of drug-likeness (QED) is 0.377. The van der Waals surface area contributed by atoms with Crippen molar-refractivity contribution in [3.05, 3.63) is 0 Å². The molecule has 0 radical (unpaired) electrons. The molecule has 5 N–H and O–H groups in total. The van der Waals surface area contributed by atoms with Gasteiger partial charge in [0.1, 0.15) is 29.9 Å². The summed E-state index contributed by atoms with van der Waals surface area (Å²) in [5.41, 5.74) is -0.817. The van der Waals surface area contributed by atoms with E-state index in [1.165, 1.54) is 7.11 Å². The lowest BCUT2D eigenvalue weighted by atomic mass is 10.1. The van der Waals surface area contributed by atoms with Crippen LogP contribution in [-0.2, 0) is 14.2 Å². The van der Waals surface area contributed by atoms with Crippen molar-refractivity contribution in [1.82, 2.24) is 0 Å². The van der Waals surface area contributed by atoms with E-state index in [0.717, 1.165) is 11.8 Å². The molecule has 9 heteroatoms. The summed E-state index contributed by atoms with van der Waals surface area (Å²) in [5.74, 6) is 0. The maximum absolute atomic E-state index is 9.99. The molecule has 0 aromatic rings. The molecule has 0 amide bonds. The second-order valence-electron chi connectivity index (χ2n) is 4.84. The van der Waals surface area contributed by atoms with Gasteiger partial charge in [0.2, 0.25) is 0 Å². The highest BCUT2D eigenvalue weighted by molar-refractivity contribution is 8.00. The van der Waals surface area contributed by atoms with Crippen LogP contribution in [-0.4, -0.2) is 93.4 Å². The fourth-order valence-corrected chi connectivity index (χ4v) is 3.47. The van der Waals surface area contributed by atoms with E-state index in [0.29, 0.717) is 0 Å². The van der Waals surface area contributed by atoms with Crippen LogP contribution in [0.5, 0.6) is 0 Å². The molecule has 0 unspecified atom stereocenters. The van der Waals surface area contributed by atoms with Gasteiger partial charge >= 0.3 is 0 Å². The molecule has 0 aromatic heterocycles. The number of thioether (sulfide) groups is 1. The van der Waals surface area contributed by atoms with Crippen LogP contribution >= 0.6 is 11.8 Å². The lowest BCUT2D eigenvalue weighted by Gasteiger charge is -2.40. The standard InChI is InChI=1S/C11H20O8S/c1-17-10-8(15)7(14)5(3-18-10)20-11-9(16)6(13)4(12)2-19-11/h4-16H,2-3H2,1H3/t4-,5-,6+,7+,8-,9-,10+,11+/m1/s1. The zero-order chi connectivity index (χ0) is 14.9. The van der Waals surface area contributed by atoms with E-state index >= 15 is 0 Å². The van der Waals surface area contributed by atoms with Crippen molar-refractivity contribution in [2.45, 2.75) is 47.5 Å². The van der Waals surface area contributed by atoms with Crippen molar-refractivity contribution in [2.24, 2.45) is 0 Å². The van der Waals surface area contributed by atoms with E-state index < -0.39 is 47.5 Å². The Morgan fingerprint density at radius 2 is 1.60 bits per heavy atom. The smallest absolute Gasteiger partial charge is 0.185 e. The Morgan fingerprint density at radius 3 is 2.25 bits per heavy atom. The van der Waals surface area contributed by atoms with Gasteiger partial charge in [0, 0.05) is 7.11 Å². The number of methoxy groups -OCH3 is 1. The van der Waals surface area contributed by atoms with Crippen LogP contribution in [0.1, 0.15) is 0 Å². The number of rotatable bonds is 3. The summed E-state index contributed by atoms with van der Waals surface area (Å²) in [6.45, 7) is -0.00452. The highest BCUT2D eigenvalue weighted by Gasteiger charge is 2.44. The van der Waals surface area contributed by atoms with E-state index in [-0.39, 0.29) is 13.2 Å². The van der Waals surface area contributed by atoms with Crippen molar-refractivity contribution in [1.29, 1.82) is 0 Å². The molecule has 0 aliphatic carbocycles. The summed E-state index contributed by atoms with van der Waals surface area (Å²) >= 11 is 1.05. The van der Waals surface area contributed by atoms with Gasteiger partial charge in [-0.25, -0.2) is 0 Å². The molecule has 8 atom stereocenters. The minimum atomic E-state index is -1.31. The van der Waals surface area contributed by atoms with Gasteiger partial charge in [-0.05, 0) is 0 Å². The summed E-state index contributed by atoms with van der Waals surface area (Å²) in [7, 11) is 1.36. The van der Waals surface area contributed by atoms with Gasteiger partial charge in [-0.2, -0.15) is 0 Å². The Morgan fingerprint density at radius 1 is 0.900 bits per heavy atom. The average molecular weight is 312 g/mol. The Hall–Kier alpha value is 0.0300. The summed E-state index contributed by atoms with van der Waals surface area (Å²) in [5, 5.41) is 48.0. The predicted molar refractivity (Wildman–Crippen MR) is 67.9 cm³/mol. The van der Waals surface area contributed by atoms with E-state index in [1.807, 2.05) is 0 Å². The van der Waals surface area contributed by atoms with Crippen LogP contribution < -0.4 is 0 Å². The number of ether oxygens (including phenoxy) is 3. The molecule has 2 saturated heterocycles. The molecule has 2 rings (SSSR count). The molecule has 0 bridgehead atoms. The third-order valence-electron chi connectivity index (χ3n) is 3.43. The van der Waals surface area contributed by atoms with Crippen LogP contribution in [0.25, 0.3) is 0 Å². The van der Waals surface area contributed by atoms with Gasteiger partial charge in [-0.3, -0.25) is 0 Å². The number of aliphatic hydroxyl groups excluding tert-OH is 5. The molecular formula is C11H20O8S. The molecule has 8 nitrogen and oxygen atoms in total. The molecule has 2 aliphatic rings. The Balaban J connectivity index is 1.93. The van der Waals surface area contributed by atoms with Crippen molar-refractivity contribution in [2.75, 3.05) is 20.3 Å². The third-order valence-corrected chi connectivity index (χ3v) is 4.88. The molecule has 0 saturated carbocycles. The van der Waals surface area contributed by atoms with Gasteiger partial charge in [-0.1, -0.05) is 0 Å². The van der Waals surface area contributed by atoms with Crippen LogP contribution in [0.15, 0.2) is 0 Å². The first-order valence-corrected chi connectivity index (χ1v) is 7.21. The maximum Gasteiger partial charge on any atom is 0.185 e. The first-order valence-electron chi connectivity index (χ1n) is 6.27. The second kappa shape index (κ2) is 6.86. The van der Waals surface area contributed by atoms with Crippen LogP contribution in [0.4, 0.5) is 0 Å². The fourth-order valence-electron chi connectivity index (χ4n) is 2.17. The summed E-state index contributed by atoms with van der Waals surface area (Å²) < 4.78 is 15.4. The van der Waals surface area contributed by atoms with Gasteiger partial charge in [-0.15, -0.1) is 11.8 Å². The van der Waals surface area contributed by atoms with Gasteiger partial charge in [0.05, 0.1) is 24.6 Å². The highest BCUT2D eigenvalue weighted by Crippen LogP contribution is 2.33. The van der Waals surface area contributed by atoms with E-state index in [4.69, 9.17) is 14.2 Å². The van der Waals surface area contributed by atoms with Crippen LogP contribution in [0.3, 0.4) is 0 Å². The molecule has 2 fully saturated rings. The molecule has 2 heterocycles. The summed E-state index contributed by atoms with van der Waals surface area (Å²) in [6, 6.07) is 0. The fraction of sp³-hybridized carbons (Fsp3) is 1.00. The molecule has 118 valence electrons. The third kappa shape index (κ3) is 3.26. The second-order valence-corrected chi connectivity index (χ2v) is 6.19. The van der Waals surface area contributed by atoms with Crippen molar-refractivity contribution < 1.29 is 39.7 Å². The Bertz CT molecular complexity index is 319. The van der Waals surface area contributed by atoms with Crippen molar-refractivity contribution in [3.63, 3.8) is 0 Å². The average Bonchev–Trinajstić information content (AvgIpc) is 2.44. The summed E-state index contributed by atoms with van der Waals surface area (Å²) in [4.78, 5) is 0. The molecule has 2 aliphatic heterocycles.